The van der Waals surface area contributed by atoms with Crippen LogP contribution in [-0.2, 0) is 10.0 Å². The molecule has 0 aliphatic rings. The smallest absolute Gasteiger partial charge is 0.259 e. The second-order valence-corrected chi connectivity index (χ2v) is 4.59. The second kappa shape index (κ2) is 3.76. The van der Waals surface area contributed by atoms with Gasteiger partial charge in [-0.3, -0.25) is 4.72 Å². The molecule has 0 radical (unpaired) electrons. The fraction of sp³-hybridized carbons (Fsp3) is 0.250. The molecule has 0 aliphatic carbocycles. The maximum Gasteiger partial charge on any atom is 0.259 e. The highest BCUT2D eigenvalue weighted by Gasteiger charge is 2.16. The number of benzene rings is 1. The molecule has 1 aromatic carbocycles. The minimum absolute atomic E-state index is 0.448. The van der Waals surface area contributed by atoms with Crippen LogP contribution in [0.5, 0.6) is 0 Å². The molecule has 0 aliphatic heterocycles. The summed E-state index contributed by atoms with van der Waals surface area (Å²) >= 11 is 0. The Kier molecular flexibility index (Phi) is 2.90. The Hall–Kier alpha value is -1.07. The van der Waals surface area contributed by atoms with Crippen molar-refractivity contribution in [2.45, 2.75) is 12.4 Å². The van der Waals surface area contributed by atoms with Gasteiger partial charge in [0.15, 0.2) is 5.44 Å². The average molecular weight is 201 g/mol. The molecule has 0 amide bonds. The van der Waals surface area contributed by atoms with E-state index >= 15 is 0 Å². The Labute approximate surface area is 77.3 Å². The molecule has 1 atom stereocenters. The number of nitrogens with one attached hydrogen (secondary N) is 1. The van der Waals surface area contributed by atoms with Crippen LogP contribution in [0.25, 0.3) is 0 Å². The van der Waals surface area contributed by atoms with Crippen LogP contribution in [0, 0.1) is 0 Å². The monoisotopic (exact) mass is 201 g/mol. The summed E-state index contributed by atoms with van der Waals surface area (Å²) in [5, 5.41) is 8.89. The van der Waals surface area contributed by atoms with E-state index in [-0.39, 0.29) is 0 Å². The summed E-state index contributed by atoms with van der Waals surface area (Å²) in [6.45, 7) is 1.20. The zero-order valence-corrected chi connectivity index (χ0v) is 7.95. The Morgan fingerprint density at radius 3 is 2.31 bits per heavy atom. The predicted molar refractivity (Wildman–Crippen MR) is 50.7 cm³/mol. The van der Waals surface area contributed by atoms with Crippen LogP contribution >= 0.6 is 0 Å². The Bertz CT molecular complexity index is 358. The zero-order valence-electron chi connectivity index (χ0n) is 7.14. The third-order valence-electron chi connectivity index (χ3n) is 1.48. The molecule has 0 bridgehead atoms. The first-order valence-corrected chi connectivity index (χ1v) is 5.32. The van der Waals surface area contributed by atoms with Crippen LogP contribution in [0.4, 0.5) is 5.69 Å². The Balaban J connectivity index is 2.82. The molecule has 4 nitrogen and oxygen atoms in total. The Morgan fingerprint density at radius 1 is 1.31 bits per heavy atom. The maximum absolute atomic E-state index is 11.1. The van der Waals surface area contributed by atoms with E-state index in [1.165, 1.54) is 6.92 Å². The van der Waals surface area contributed by atoms with Gasteiger partial charge in [-0.1, -0.05) is 18.2 Å². The number of hydrogen-bond donors (Lipinski definition) is 2. The fourth-order valence-electron chi connectivity index (χ4n) is 0.756. The summed E-state index contributed by atoms with van der Waals surface area (Å²) < 4.78 is 24.5. The largest absolute Gasteiger partial charge is 0.376 e. The van der Waals surface area contributed by atoms with Gasteiger partial charge in [0.05, 0.1) is 0 Å². The molecule has 1 rings (SSSR count). The lowest BCUT2D eigenvalue weighted by molar-refractivity contribution is 0.269. The zero-order chi connectivity index (χ0) is 9.90. The first-order chi connectivity index (χ1) is 6.02. The third-order valence-corrected chi connectivity index (χ3v) is 2.90. The van der Waals surface area contributed by atoms with Gasteiger partial charge in [-0.15, -0.1) is 0 Å². The third kappa shape index (κ3) is 2.71. The van der Waals surface area contributed by atoms with Crippen LogP contribution in [0.1, 0.15) is 6.92 Å². The lowest BCUT2D eigenvalue weighted by Crippen LogP contribution is -2.24. The molecule has 0 heterocycles. The van der Waals surface area contributed by atoms with Crippen molar-refractivity contribution < 1.29 is 13.5 Å². The minimum Gasteiger partial charge on any atom is -0.376 e. The topological polar surface area (TPSA) is 66.4 Å². The second-order valence-electron chi connectivity index (χ2n) is 2.61. The van der Waals surface area contributed by atoms with Gasteiger partial charge in [0.25, 0.3) is 10.0 Å². The van der Waals surface area contributed by atoms with Crippen molar-refractivity contribution in [1.29, 1.82) is 0 Å². The van der Waals surface area contributed by atoms with Gasteiger partial charge in [0, 0.05) is 5.69 Å². The van der Waals surface area contributed by atoms with Crippen molar-refractivity contribution >= 4 is 15.7 Å². The summed E-state index contributed by atoms with van der Waals surface area (Å²) in [6.07, 6.45) is 0. The minimum atomic E-state index is -3.65. The molecule has 0 fully saturated rings. The molecule has 2 N–H and O–H groups in total. The standard InChI is InChI=1S/C8H11NO3S/c1-7(10)13(11,12)9-8-5-3-2-4-6-8/h2-7,9-10H,1H3. The molecule has 13 heavy (non-hydrogen) atoms. The molecule has 1 unspecified atom stereocenters. The van der Waals surface area contributed by atoms with Crippen LogP contribution in [-0.4, -0.2) is 19.0 Å². The first-order valence-electron chi connectivity index (χ1n) is 3.77. The van der Waals surface area contributed by atoms with E-state index in [2.05, 4.69) is 4.72 Å². The van der Waals surface area contributed by atoms with E-state index in [0.717, 1.165) is 0 Å². The Morgan fingerprint density at radius 2 is 1.85 bits per heavy atom. The summed E-state index contributed by atoms with van der Waals surface area (Å²) in [6, 6.07) is 8.42. The van der Waals surface area contributed by atoms with Crippen molar-refractivity contribution in [3.8, 4) is 0 Å². The molecule has 0 saturated carbocycles. The highest BCUT2D eigenvalue weighted by Crippen LogP contribution is 2.09. The van der Waals surface area contributed by atoms with Crippen molar-refractivity contribution in [3.63, 3.8) is 0 Å². The van der Waals surface area contributed by atoms with Crippen molar-refractivity contribution in [2.75, 3.05) is 4.72 Å². The molecule has 0 saturated heterocycles. The summed E-state index contributed by atoms with van der Waals surface area (Å²) in [5.41, 5.74) is -0.962. The van der Waals surface area contributed by atoms with E-state index in [9.17, 15) is 8.42 Å². The highest BCUT2D eigenvalue weighted by molar-refractivity contribution is 7.93. The number of para-hydroxylation sites is 1. The highest BCUT2D eigenvalue weighted by atomic mass is 32.2. The van der Waals surface area contributed by atoms with E-state index in [0.29, 0.717) is 5.69 Å². The van der Waals surface area contributed by atoms with E-state index in [1.54, 1.807) is 30.3 Å². The van der Waals surface area contributed by atoms with Crippen LogP contribution in [0.15, 0.2) is 30.3 Å². The molecular formula is C8H11NO3S. The van der Waals surface area contributed by atoms with Crippen molar-refractivity contribution in [1.82, 2.24) is 0 Å². The van der Waals surface area contributed by atoms with E-state index < -0.39 is 15.5 Å². The van der Waals surface area contributed by atoms with Gasteiger partial charge in [0.1, 0.15) is 0 Å². The summed E-state index contributed by atoms with van der Waals surface area (Å²) in [4.78, 5) is 0. The summed E-state index contributed by atoms with van der Waals surface area (Å²) in [7, 11) is -3.65. The molecule has 72 valence electrons. The van der Waals surface area contributed by atoms with Gasteiger partial charge in [-0.05, 0) is 19.1 Å². The van der Waals surface area contributed by atoms with Crippen molar-refractivity contribution in [3.05, 3.63) is 30.3 Å². The van der Waals surface area contributed by atoms with Gasteiger partial charge in [0.2, 0.25) is 0 Å². The van der Waals surface area contributed by atoms with Crippen LogP contribution < -0.4 is 4.72 Å². The van der Waals surface area contributed by atoms with E-state index in [4.69, 9.17) is 5.11 Å². The van der Waals surface area contributed by atoms with Gasteiger partial charge in [-0.25, -0.2) is 8.42 Å². The number of rotatable bonds is 3. The molecule has 5 heteroatoms. The van der Waals surface area contributed by atoms with Gasteiger partial charge < -0.3 is 5.11 Å². The normalized spacial score (nSPS) is 13.7. The van der Waals surface area contributed by atoms with Crippen molar-refractivity contribution in [2.24, 2.45) is 0 Å². The number of aliphatic hydroxyl groups excluding tert-OH is 1. The average Bonchev–Trinajstić information content (AvgIpc) is 2.05. The van der Waals surface area contributed by atoms with Gasteiger partial charge >= 0.3 is 0 Å². The molecule has 0 spiro atoms. The predicted octanol–water partition coefficient (Wildman–Crippen LogP) is 0.767. The maximum atomic E-state index is 11.1. The SMILES string of the molecule is CC(O)S(=O)(=O)Nc1ccccc1. The first kappa shape index (κ1) is 10.0. The number of anilines is 1. The van der Waals surface area contributed by atoms with E-state index in [1.807, 2.05) is 0 Å². The molecule has 1 aromatic rings. The number of sulfonamides is 1. The van der Waals surface area contributed by atoms with Crippen LogP contribution in [0.2, 0.25) is 0 Å². The van der Waals surface area contributed by atoms with Gasteiger partial charge in [-0.2, -0.15) is 0 Å². The summed E-state index contributed by atoms with van der Waals surface area (Å²) in [5.74, 6) is 0. The van der Waals surface area contributed by atoms with Crippen LogP contribution in [0.3, 0.4) is 0 Å². The molecule has 0 aromatic heterocycles. The number of hydrogen-bond acceptors (Lipinski definition) is 3. The quantitative estimate of drug-likeness (QED) is 0.759. The fourth-order valence-corrected chi connectivity index (χ4v) is 1.39. The molecular weight excluding hydrogens is 190 g/mol. The number of aliphatic hydroxyl groups is 1. The lowest BCUT2D eigenvalue weighted by atomic mass is 10.3. The lowest BCUT2D eigenvalue weighted by Gasteiger charge is -2.09.